The lowest BCUT2D eigenvalue weighted by molar-refractivity contribution is -0.161. The van der Waals surface area contributed by atoms with E-state index in [1.165, 1.54) is 77.0 Å². The number of carbonyl (C=O) groups excluding carboxylic acids is 2. The predicted molar refractivity (Wildman–Crippen MR) is 288 cm³/mol. The van der Waals surface area contributed by atoms with Crippen molar-refractivity contribution < 1.29 is 37.6 Å². The van der Waals surface area contributed by atoms with Crippen LogP contribution in [0.25, 0.3) is 0 Å². The molecule has 0 spiro atoms. The minimum Gasteiger partial charge on any atom is -0.462 e. The van der Waals surface area contributed by atoms with Crippen molar-refractivity contribution >= 4 is 19.8 Å². The van der Waals surface area contributed by atoms with Gasteiger partial charge in [0.25, 0.3) is 0 Å². The van der Waals surface area contributed by atoms with E-state index in [1.807, 2.05) is 97.1 Å². The van der Waals surface area contributed by atoms with Gasteiger partial charge in [0.05, 0.1) is 18.8 Å². The molecule has 0 aromatic heterocycles. The van der Waals surface area contributed by atoms with E-state index in [4.69, 9.17) is 18.5 Å². The Morgan fingerprint density at radius 3 is 1.43 bits per heavy atom. The highest BCUT2D eigenvalue weighted by Gasteiger charge is 2.36. The first kappa shape index (κ1) is 59.9. The van der Waals surface area contributed by atoms with Crippen molar-refractivity contribution in [2.24, 2.45) is 0 Å². The second-order valence-electron chi connectivity index (χ2n) is 18.1. The van der Waals surface area contributed by atoms with Crippen LogP contribution in [0.5, 0.6) is 0 Å². The molecule has 1 unspecified atom stereocenters. The van der Waals surface area contributed by atoms with Crippen LogP contribution in [-0.2, 0) is 38.2 Å². The zero-order chi connectivity index (χ0) is 50.1. The summed E-state index contributed by atoms with van der Waals surface area (Å²) in [6.45, 7) is 3.70. The number of allylic oxidation sites excluding steroid dienone is 8. The summed E-state index contributed by atoms with van der Waals surface area (Å²) in [6, 6.07) is 30.1. The van der Waals surface area contributed by atoms with Crippen LogP contribution in [0.4, 0.5) is 0 Å². The zero-order valence-corrected chi connectivity index (χ0v) is 43.8. The van der Waals surface area contributed by atoms with Gasteiger partial charge in [-0.05, 0) is 68.1 Å². The Hall–Kier alpha value is -4.37. The molecule has 0 fully saturated rings. The van der Waals surface area contributed by atoms with E-state index in [0.717, 1.165) is 61.6 Å². The molecule has 0 radical (unpaired) electrons. The lowest BCUT2D eigenvalue weighted by atomic mass is 9.77. The average Bonchev–Trinajstić information content (AvgIpc) is 3.38. The first-order valence-corrected chi connectivity index (χ1v) is 28.3. The van der Waals surface area contributed by atoms with E-state index < -0.39 is 38.0 Å². The molecule has 3 aromatic rings. The Kier molecular flexibility index (Phi) is 33.6. The number of nitrogens with one attached hydrogen (secondary N) is 1. The molecule has 2 N–H and O–H groups in total. The average molecular weight is 982 g/mol. The number of rotatable bonds is 42. The summed E-state index contributed by atoms with van der Waals surface area (Å²) >= 11 is 0. The van der Waals surface area contributed by atoms with Gasteiger partial charge in [0.1, 0.15) is 6.61 Å². The number of phosphoric ester groups is 1. The molecule has 3 rings (SSSR count). The molecule has 2 atom stereocenters. The van der Waals surface area contributed by atoms with E-state index in [0.29, 0.717) is 19.3 Å². The molecule has 0 amide bonds. The molecule has 0 saturated carbocycles. The molecule has 0 saturated heterocycles. The predicted octanol–water partition coefficient (Wildman–Crippen LogP) is 15.8. The van der Waals surface area contributed by atoms with Crippen LogP contribution in [-0.4, -0.2) is 49.3 Å². The van der Waals surface area contributed by atoms with Crippen molar-refractivity contribution in [1.29, 1.82) is 0 Å². The van der Waals surface area contributed by atoms with Gasteiger partial charge in [-0.2, -0.15) is 0 Å². The van der Waals surface area contributed by atoms with Gasteiger partial charge < -0.3 is 14.4 Å². The lowest BCUT2D eigenvalue weighted by Gasteiger charge is -2.37. The van der Waals surface area contributed by atoms with Crippen LogP contribution < -0.4 is 5.32 Å². The van der Waals surface area contributed by atoms with Gasteiger partial charge in [-0.25, -0.2) is 4.57 Å². The largest absolute Gasteiger partial charge is 0.472 e. The van der Waals surface area contributed by atoms with Gasteiger partial charge in [-0.1, -0.05) is 243 Å². The zero-order valence-electron chi connectivity index (χ0n) is 42.9. The van der Waals surface area contributed by atoms with E-state index in [2.05, 4.69) is 61.7 Å². The Morgan fingerprint density at radius 1 is 0.529 bits per heavy atom. The van der Waals surface area contributed by atoms with Crippen molar-refractivity contribution in [1.82, 2.24) is 5.32 Å². The Morgan fingerprint density at radius 2 is 0.943 bits per heavy atom. The van der Waals surface area contributed by atoms with Gasteiger partial charge in [0, 0.05) is 19.4 Å². The second kappa shape index (κ2) is 39.3. The summed E-state index contributed by atoms with van der Waals surface area (Å²) in [4.78, 5) is 36.6. The van der Waals surface area contributed by atoms with Gasteiger partial charge in [-0.15, -0.1) is 0 Å². The van der Waals surface area contributed by atoms with Gasteiger partial charge in [-0.3, -0.25) is 24.0 Å². The van der Waals surface area contributed by atoms with Crippen LogP contribution in [0, 0.1) is 0 Å². The summed E-state index contributed by atoms with van der Waals surface area (Å²) < 4.78 is 35.4. The summed E-state index contributed by atoms with van der Waals surface area (Å²) in [7, 11) is -4.63. The topological polar surface area (TPSA) is 120 Å². The first-order valence-electron chi connectivity index (χ1n) is 26.8. The van der Waals surface area contributed by atoms with E-state index >= 15 is 0 Å². The highest BCUT2D eigenvalue weighted by molar-refractivity contribution is 7.47. The highest BCUT2D eigenvalue weighted by atomic mass is 31.2. The van der Waals surface area contributed by atoms with Crippen molar-refractivity contribution in [3.05, 3.63) is 156 Å². The molecule has 0 aliphatic heterocycles. The standard InChI is InChI=1S/C60H88NO8P/c1-3-5-7-9-11-13-15-17-18-19-20-22-24-26-28-30-41-49-59(63)69-57(52-66-58(62)48-40-29-27-25-23-21-16-14-12-10-8-6-4-2)53-68-70(64,65)67-51-50-61-60(54-42-34-31-35-43-54,55-44-36-32-37-45-55)56-46-38-33-39-47-56/h11,13,17-18,20,22,26,28,31-39,42-47,57,61H,3-10,12,14-16,19,21,23-25,27,29-30,40-41,48-53H2,1-2H3,(H,64,65)/b13-11-,18-17-,22-20-,28-26-/t57-/m1/s1. The molecular formula is C60H88NO8P. The maximum atomic E-state index is 13.3. The van der Waals surface area contributed by atoms with Crippen molar-refractivity contribution in [2.75, 3.05) is 26.4 Å². The van der Waals surface area contributed by atoms with Crippen LogP contribution in [0.3, 0.4) is 0 Å². The highest BCUT2D eigenvalue weighted by Crippen LogP contribution is 2.43. The Labute approximate surface area is 423 Å². The molecule has 70 heavy (non-hydrogen) atoms. The molecular weight excluding hydrogens is 894 g/mol. The van der Waals surface area contributed by atoms with Gasteiger partial charge in [0.2, 0.25) is 0 Å². The summed E-state index contributed by atoms with van der Waals surface area (Å²) in [6.07, 6.45) is 41.2. The Bertz CT molecular complexity index is 1840. The third-order valence-electron chi connectivity index (χ3n) is 12.2. The smallest absolute Gasteiger partial charge is 0.462 e. The van der Waals surface area contributed by atoms with Crippen LogP contribution >= 0.6 is 7.82 Å². The number of esters is 2. The van der Waals surface area contributed by atoms with Crippen LogP contribution in [0.2, 0.25) is 0 Å². The summed E-state index contributed by atoms with van der Waals surface area (Å²) in [5.41, 5.74) is 2.17. The maximum Gasteiger partial charge on any atom is 0.472 e. The molecule has 10 heteroatoms. The molecule has 9 nitrogen and oxygen atoms in total. The normalized spacial score (nSPS) is 13.4. The molecule has 0 heterocycles. The van der Waals surface area contributed by atoms with Crippen molar-refractivity contribution in [2.45, 2.75) is 180 Å². The fourth-order valence-corrected chi connectivity index (χ4v) is 9.07. The number of hydrogen-bond donors (Lipinski definition) is 2. The number of benzene rings is 3. The number of carbonyl (C=O) groups is 2. The summed E-state index contributed by atoms with van der Waals surface area (Å²) in [5, 5.41) is 3.63. The molecule has 3 aromatic carbocycles. The molecule has 0 bridgehead atoms. The second-order valence-corrected chi connectivity index (χ2v) is 19.6. The minimum absolute atomic E-state index is 0.131. The monoisotopic (exact) mass is 982 g/mol. The van der Waals surface area contributed by atoms with Crippen molar-refractivity contribution in [3.63, 3.8) is 0 Å². The Balaban J connectivity index is 1.48. The van der Waals surface area contributed by atoms with E-state index in [9.17, 15) is 19.0 Å². The van der Waals surface area contributed by atoms with E-state index in [-0.39, 0.29) is 32.6 Å². The summed E-state index contributed by atoms with van der Waals surface area (Å²) in [5.74, 6) is -0.910. The van der Waals surface area contributed by atoms with E-state index in [1.54, 1.807) is 0 Å². The molecule has 386 valence electrons. The van der Waals surface area contributed by atoms with Gasteiger partial charge in [0.15, 0.2) is 6.10 Å². The quantitative estimate of drug-likeness (QED) is 0.0188. The number of unbranched alkanes of at least 4 members (excludes halogenated alkanes) is 16. The third-order valence-corrected chi connectivity index (χ3v) is 13.2. The van der Waals surface area contributed by atoms with Crippen LogP contribution in [0.15, 0.2) is 140 Å². The fourth-order valence-electron chi connectivity index (χ4n) is 8.32. The van der Waals surface area contributed by atoms with Crippen LogP contribution in [0.1, 0.15) is 185 Å². The SMILES string of the molecule is CCCCC/C=C\C/C=C\C/C=C\C/C=C\CCCC(=O)O[C@H](COC(=O)CCCCCCCCCCCCCCC)COP(=O)(O)OCCNC(c1ccccc1)(c1ccccc1)c1ccccc1. The maximum absolute atomic E-state index is 13.3. The molecule has 0 aliphatic carbocycles. The fraction of sp³-hybridized carbons (Fsp3) is 0.533. The lowest BCUT2D eigenvalue weighted by Crippen LogP contribution is -2.46. The number of phosphoric acid groups is 1. The minimum atomic E-state index is -4.63. The van der Waals surface area contributed by atoms with Crippen molar-refractivity contribution in [3.8, 4) is 0 Å². The third kappa shape index (κ3) is 27.3. The van der Waals surface area contributed by atoms with Gasteiger partial charge >= 0.3 is 19.8 Å². The molecule has 0 aliphatic rings. The number of ether oxygens (including phenoxy) is 2. The first-order chi connectivity index (χ1) is 34.3. The number of hydrogen-bond acceptors (Lipinski definition) is 8.